The van der Waals surface area contributed by atoms with Crippen LogP contribution in [0.2, 0.25) is 0 Å². The van der Waals surface area contributed by atoms with E-state index in [2.05, 4.69) is 30.6 Å². The zero-order valence-electron chi connectivity index (χ0n) is 13.0. The second-order valence-electron chi connectivity index (χ2n) is 5.75. The van der Waals surface area contributed by atoms with Gasteiger partial charge in [-0.15, -0.1) is 0 Å². The molecule has 0 radical (unpaired) electrons. The average Bonchev–Trinajstić information content (AvgIpc) is 2.97. The van der Waals surface area contributed by atoms with Crippen molar-refractivity contribution in [1.29, 1.82) is 0 Å². The predicted molar refractivity (Wildman–Crippen MR) is 83.8 cm³/mol. The number of aliphatic hydroxyl groups excluding tert-OH is 1. The van der Waals surface area contributed by atoms with E-state index >= 15 is 0 Å². The average molecular weight is 276 g/mol. The lowest BCUT2D eigenvalue weighted by molar-refractivity contribution is 0.0664. The molecule has 1 aromatic rings. The second-order valence-corrected chi connectivity index (χ2v) is 5.75. The fraction of sp³-hybridized carbons (Fsp3) is 0.647. The summed E-state index contributed by atoms with van der Waals surface area (Å²) in [5, 5.41) is 10.5. The first-order chi connectivity index (χ1) is 9.67. The fourth-order valence-corrected chi connectivity index (χ4v) is 3.30. The van der Waals surface area contributed by atoms with Gasteiger partial charge in [-0.05, 0) is 32.0 Å². The van der Waals surface area contributed by atoms with Crippen molar-refractivity contribution >= 4 is 0 Å². The van der Waals surface area contributed by atoms with Crippen molar-refractivity contribution in [2.75, 3.05) is 26.2 Å². The molecule has 0 aromatic heterocycles. The largest absolute Gasteiger partial charge is 0.387 e. The molecule has 1 heterocycles. The van der Waals surface area contributed by atoms with Crippen molar-refractivity contribution in [3.05, 3.63) is 35.9 Å². The Labute approximate surface area is 123 Å². The molecule has 20 heavy (non-hydrogen) atoms. The minimum Gasteiger partial charge on any atom is -0.387 e. The van der Waals surface area contributed by atoms with Gasteiger partial charge in [-0.25, -0.2) is 0 Å². The van der Waals surface area contributed by atoms with Crippen LogP contribution in [0.15, 0.2) is 30.3 Å². The molecular formula is C17H28N2O. The number of benzene rings is 1. The van der Waals surface area contributed by atoms with E-state index in [-0.39, 0.29) is 6.04 Å². The molecule has 1 fully saturated rings. The Morgan fingerprint density at radius 1 is 1.25 bits per heavy atom. The summed E-state index contributed by atoms with van der Waals surface area (Å²) >= 11 is 0. The van der Waals surface area contributed by atoms with Crippen molar-refractivity contribution < 1.29 is 5.11 Å². The van der Waals surface area contributed by atoms with E-state index < -0.39 is 6.10 Å². The third kappa shape index (κ3) is 3.40. The summed E-state index contributed by atoms with van der Waals surface area (Å²) in [6.07, 6.45) is 0.819. The van der Waals surface area contributed by atoms with Gasteiger partial charge in [0.05, 0.1) is 6.10 Å². The number of hydrogen-bond donors (Lipinski definition) is 1. The molecule has 3 unspecified atom stereocenters. The number of nitrogens with zero attached hydrogens (tertiary/aromatic N) is 2. The van der Waals surface area contributed by atoms with Gasteiger partial charge >= 0.3 is 0 Å². The Morgan fingerprint density at radius 2 is 1.90 bits per heavy atom. The zero-order valence-corrected chi connectivity index (χ0v) is 13.0. The van der Waals surface area contributed by atoms with Crippen molar-refractivity contribution in [3.63, 3.8) is 0 Å². The van der Waals surface area contributed by atoms with Crippen LogP contribution < -0.4 is 0 Å². The number of aliphatic hydroxyl groups is 1. The Balaban J connectivity index is 1.96. The second kappa shape index (κ2) is 7.21. The van der Waals surface area contributed by atoms with Gasteiger partial charge in [0.1, 0.15) is 0 Å². The van der Waals surface area contributed by atoms with Crippen LogP contribution in [0.4, 0.5) is 0 Å². The van der Waals surface area contributed by atoms with Crippen LogP contribution in [-0.4, -0.2) is 53.2 Å². The van der Waals surface area contributed by atoms with E-state index in [9.17, 15) is 5.11 Å². The normalized spacial score (nSPS) is 23.1. The number of likely N-dealkylation sites (tertiary alicyclic amines) is 1. The highest BCUT2D eigenvalue weighted by molar-refractivity contribution is 5.18. The molecule has 112 valence electrons. The van der Waals surface area contributed by atoms with Gasteiger partial charge in [-0.1, -0.05) is 44.2 Å². The van der Waals surface area contributed by atoms with Gasteiger partial charge in [0.2, 0.25) is 0 Å². The smallest absolute Gasteiger partial charge is 0.0942 e. The molecule has 3 heteroatoms. The predicted octanol–water partition coefficient (Wildman–Crippen LogP) is 2.52. The Bertz CT molecular complexity index is 391. The van der Waals surface area contributed by atoms with Gasteiger partial charge in [0.15, 0.2) is 0 Å². The monoisotopic (exact) mass is 276 g/mol. The maximum absolute atomic E-state index is 10.5. The first-order valence-corrected chi connectivity index (χ1v) is 7.88. The lowest BCUT2D eigenvalue weighted by atomic mass is 10.0. The summed E-state index contributed by atoms with van der Waals surface area (Å²) in [6, 6.07) is 10.8. The van der Waals surface area contributed by atoms with E-state index in [1.165, 1.54) is 6.42 Å². The minimum absolute atomic E-state index is 0.179. The molecule has 3 nitrogen and oxygen atoms in total. The summed E-state index contributed by atoms with van der Waals surface area (Å²) < 4.78 is 0. The summed E-state index contributed by atoms with van der Waals surface area (Å²) in [5.41, 5.74) is 1.02. The van der Waals surface area contributed by atoms with E-state index in [1.54, 1.807) is 0 Å². The van der Waals surface area contributed by atoms with E-state index in [0.717, 1.165) is 31.7 Å². The molecule has 0 bridgehead atoms. The molecular weight excluding hydrogens is 248 g/mol. The molecule has 0 aliphatic carbocycles. The van der Waals surface area contributed by atoms with Crippen LogP contribution in [0, 0.1) is 0 Å². The maximum Gasteiger partial charge on any atom is 0.0942 e. The highest BCUT2D eigenvalue weighted by atomic mass is 16.3. The molecule has 3 atom stereocenters. The quantitative estimate of drug-likeness (QED) is 0.865. The highest BCUT2D eigenvalue weighted by Gasteiger charge is 2.32. The fourth-order valence-electron chi connectivity index (χ4n) is 3.30. The van der Waals surface area contributed by atoms with Crippen molar-refractivity contribution in [1.82, 2.24) is 9.80 Å². The van der Waals surface area contributed by atoms with Crippen molar-refractivity contribution in [2.24, 2.45) is 0 Å². The molecule has 1 aliphatic heterocycles. The van der Waals surface area contributed by atoms with E-state index in [4.69, 9.17) is 0 Å². The van der Waals surface area contributed by atoms with Crippen LogP contribution in [0.25, 0.3) is 0 Å². The lowest BCUT2D eigenvalue weighted by Crippen LogP contribution is -2.41. The van der Waals surface area contributed by atoms with Crippen molar-refractivity contribution in [2.45, 2.75) is 45.4 Å². The van der Waals surface area contributed by atoms with Crippen LogP contribution in [0.3, 0.4) is 0 Å². The van der Waals surface area contributed by atoms with Gasteiger partial charge < -0.3 is 5.11 Å². The molecule has 1 aromatic carbocycles. The van der Waals surface area contributed by atoms with Crippen LogP contribution >= 0.6 is 0 Å². The maximum atomic E-state index is 10.5. The molecule has 1 saturated heterocycles. The minimum atomic E-state index is -0.397. The lowest BCUT2D eigenvalue weighted by Gasteiger charge is -2.31. The molecule has 0 spiro atoms. The molecule has 1 aliphatic rings. The van der Waals surface area contributed by atoms with Gasteiger partial charge in [0, 0.05) is 25.2 Å². The topological polar surface area (TPSA) is 26.7 Å². The number of rotatable bonds is 6. The summed E-state index contributed by atoms with van der Waals surface area (Å²) in [5.74, 6) is 0. The van der Waals surface area contributed by atoms with Crippen LogP contribution in [-0.2, 0) is 0 Å². The van der Waals surface area contributed by atoms with Gasteiger partial charge in [-0.3, -0.25) is 9.80 Å². The number of likely N-dealkylation sites (N-methyl/N-ethyl adjacent to an activating group) is 1. The Kier molecular flexibility index (Phi) is 5.58. The molecule has 1 N–H and O–H groups in total. The zero-order chi connectivity index (χ0) is 14.5. The first kappa shape index (κ1) is 15.5. The standard InChI is InChI=1S/C17H28N2O/c1-4-18(5-2)16-11-12-19(13-16)14(3)17(20)15-9-7-6-8-10-15/h6-10,14,16-17,20H,4-5,11-13H2,1-3H3. The SMILES string of the molecule is CCN(CC)C1CCN(C(C)C(O)c2ccccc2)C1. The molecule has 0 amide bonds. The van der Waals surface area contributed by atoms with E-state index in [0.29, 0.717) is 6.04 Å². The van der Waals surface area contributed by atoms with Crippen LogP contribution in [0.1, 0.15) is 38.9 Å². The summed E-state index contributed by atoms with van der Waals surface area (Å²) in [4.78, 5) is 4.96. The first-order valence-electron chi connectivity index (χ1n) is 7.88. The third-order valence-corrected chi connectivity index (χ3v) is 4.70. The van der Waals surface area contributed by atoms with Crippen molar-refractivity contribution in [3.8, 4) is 0 Å². The Hall–Kier alpha value is -0.900. The van der Waals surface area contributed by atoms with Gasteiger partial charge in [0.25, 0.3) is 0 Å². The molecule has 0 saturated carbocycles. The molecule has 2 rings (SSSR count). The summed E-state index contributed by atoms with van der Waals surface area (Å²) in [7, 11) is 0. The summed E-state index contributed by atoms with van der Waals surface area (Å²) in [6.45, 7) is 11.0. The van der Waals surface area contributed by atoms with Crippen LogP contribution in [0.5, 0.6) is 0 Å². The number of hydrogen-bond acceptors (Lipinski definition) is 3. The van der Waals surface area contributed by atoms with Gasteiger partial charge in [-0.2, -0.15) is 0 Å². The van der Waals surface area contributed by atoms with E-state index in [1.807, 2.05) is 30.3 Å². The Morgan fingerprint density at radius 3 is 2.50 bits per heavy atom. The highest BCUT2D eigenvalue weighted by Crippen LogP contribution is 2.25. The third-order valence-electron chi connectivity index (χ3n) is 4.70.